The second-order valence-corrected chi connectivity index (χ2v) is 6.65. The molecule has 1 heterocycles. The fraction of sp³-hybridized carbons (Fsp3) is 0.600. The maximum Gasteiger partial charge on any atom is 0.409 e. The first-order chi connectivity index (χ1) is 14.0. The van der Waals surface area contributed by atoms with E-state index < -0.39 is 13.0 Å². The summed E-state index contributed by atoms with van der Waals surface area (Å²) >= 11 is 0. The molecule has 1 aliphatic heterocycles. The van der Waals surface area contributed by atoms with Crippen molar-refractivity contribution >= 4 is 12.1 Å². The van der Waals surface area contributed by atoms with Crippen molar-refractivity contribution in [3.8, 4) is 5.75 Å². The van der Waals surface area contributed by atoms with Crippen molar-refractivity contribution in [1.82, 2.24) is 15.5 Å². The van der Waals surface area contributed by atoms with Crippen LogP contribution < -0.4 is 15.4 Å². The molecule has 1 aromatic rings. The molecule has 0 spiro atoms. The Morgan fingerprint density at radius 3 is 2.72 bits per heavy atom. The molecule has 1 saturated heterocycles. The van der Waals surface area contributed by atoms with E-state index in [4.69, 9.17) is 9.47 Å². The Hall–Kier alpha value is -2.58. The van der Waals surface area contributed by atoms with Crippen LogP contribution in [-0.4, -0.2) is 62.3 Å². The Morgan fingerprint density at radius 1 is 1.31 bits per heavy atom. The van der Waals surface area contributed by atoms with E-state index in [1.54, 1.807) is 30.0 Å². The van der Waals surface area contributed by atoms with Gasteiger partial charge in [0.15, 0.2) is 5.96 Å². The number of hydrogen-bond donors (Lipinski definition) is 2. The topological polar surface area (TPSA) is 75.2 Å². The lowest BCUT2D eigenvalue weighted by molar-refractivity contribution is 0.0818. The van der Waals surface area contributed by atoms with Gasteiger partial charge in [-0.25, -0.2) is 18.6 Å². The second kappa shape index (κ2) is 12.1. The predicted molar refractivity (Wildman–Crippen MR) is 108 cm³/mol. The van der Waals surface area contributed by atoms with Crippen LogP contribution in [0.25, 0.3) is 0 Å². The lowest BCUT2D eigenvalue weighted by Crippen LogP contribution is -2.49. The first-order valence-electron chi connectivity index (χ1n) is 9.98. The Morgan fingerprint density at radius 2 is 2.07 bits per heavy atom. The van der Waals surface area contributed by atoms with Crippen LogP contribution in [-0.2, 0) is 11.3 Å². The number of rotatable bonds is 8. The van der Waals surface area contributed by atoms with E-state index in [1.807, 2.05) is 13.0 Å². The molecule has 1 amide bonds. The summed E-state index contributed by atoms with van der Waals surface area (Å²) in [6, 6.07) is 7.21. The zero-order valence-electron chi connectivity index (χ0n) is 17.0. The van der Waals surface area contributed by atoms with E-state index in [0.717, 1.165) is 18.4 Å². The molecule has 0 radical (unpaired) electrons. The van der Waals surface area contributed by atoms with Crippen molar-refractivity contribution in [3.05, 3.63) is 29.8 Å². The first kappa shape index (κ1) is 22.7. The smallest absolute Gasteiger partial charge is 0.409 e. The fourth-order valence-electron chi connectivity index (χ4n) is 3.00. The van der Waals surface area contributed by atoms with E-state index in [1.165, 1.54) is 0 Å². The minimum absolute atomic E-state index is 0.208. The number of nitrogens with zero attached hydrogens (tertiary/aromatic N) is 2. The summed E-state index contributed by atoms with van der Waals surface area (Å²) in [4.78, 5) is 18.1. The molecule has 0 atom stereocenters. The van der Waals surface area contributed by atoms with Crippen LogP contribution in [0, 0.1) is 0 Å². The molecule has 1 aromatic carbocycles. The van der Waals surface area contributed by atoms with Crippen molar-refractivity contribution in [2.45, 2.75) is 45.7 Å². The van der Waals surface area contributed by atoms with Gasteiger partial charge >= 0.3 is 6.09 Å². The van der Waals surface area contributed by atoms with Crippen LogP contribution in [0.1, 0.15) is 32.3 Å². The molecule has 1 aliphatic rings. The number of alkyl halides is 2. The average Bonchev–Trinajstić information content (AvgIpc) is 2.72. The number of piperidine rings is 1. The molecule has 0 saturated carbocycles. The number of ether oxygens (including phenoxy) is 2. The molecule has 2 N–H and O–H groups in total. The maximum absolute atomic E-state index is 12.3. The van der Waals surface area contributed by atoms with Gasteiger partial charge in [-0.3, -0.25) is 0 Å². The summed E-state index contributed by atoms with van der Waals surface area (Å²) in [6.07, 6.45) is -1.16. The Balaban J connectivity index is 1.88. The molecular formula is C20H30F2N4O3. The van der Waals surface area contributed by atoms with Crippen molar-refractivity contribution in [2.75, 3.05) is 32.8 Å². The number of carbonyl (C=O) groups is 1. The van der Waals surface area contributed by atoms with Gasteiger partial charge in [0.2, 0.25) is 0 Å². The van der Waals surface area contributed by atoms with Crippen LogP contribution in [0.2, 0.25) is 0 Å². The molecule has 7 nitrogen and oxygen atoms in total. The van der Waals surface area contributed by atoms with Crippen LogP contribution in [0.3, 0.4) is 0 Å². The van der Waals surface area contributed by atoms with E-state index in [0.29, 0.717) is 44.5 Å². The molecule has 9 heteroatoms. The third-order valence-corrected chi connectivity index (χ3v) is 4.40. The number of likely N-dealkylation sites (tertiary alicyclic amines) is 1. The Labute approximate surface area is 170 Å². The minimum Gasteiger partial charge on any atom is -0.488 e. The van der Waals surface area contributed by atoms with Crippen LogP contribution in [0.15, 0.2) is 29.3 Å². The predicted octanol–water partition coefficient (Wildman–Crippen LogP) is 3.01. The summed E-state index contributed by atoms with van der Waals surface area (Å²) in [5, 5.41) is 6.62. The Kier molecular flexibility index (Phi) is 9.46. The molecular weight excluding hydrogens is 382 g/mol. The third kappa shape index (κ3) is 8.13. The number of aliphatic imine (C=N–C) groups is 1. The molecule has 1 fully saturated rings. The molecule has 2 rings (SSSR count). The molecule has 162 valence electrons. The highest BCUT2D eigenvalue weighted by molar-refractivity contribution is 5.80. The van der Waals surface area contributed by atoms with Gasteiger partial charge in [0.05, 0.1) is 13.2 Å². The van der Waals surface area contributed by atoms with E-state index in [2.05, 4.69) is 15.6 Å². The van der Waals surface area contributed by atoms with Gasteiger partial charge in [0, 0.05) is 25.7 Å². The standard InChI is InChI=1S/C20H30F2N4O3/c1-3-23-19(25-16-8-10-26(11-9-16)20(27)28-4-2)24-13-15-6-5-7-17(12-15)29-14-18(21)22/h5-7,12,16,18H,3-4,8-11,13-14H2,1-2H3,(H2,23,24,25). The highest BCUT2D eigenvalue weighted by Gasteiger charge is 2.24. The van der Waals surface area contributed by atoms with Crippen LogP contribution >= 0.6 is 0 Å². The molecule has 0 aliphatic carbocycles. The largest absolute Gasteiger partial charge is 0.488 e. The van der Waals surface area contributed by atoms with Gasteiger partial charge < -0.3 is 25.0 Å². The number of guanidine groups is 1. The van der Waals surface area contributed by atoms with Crippen molar-refractivity contribution in [3.63, 3.8) is 0 Å². The van der Waals surface area contributed by atoms with Gasteiger partial charge in [-0.15, -0.1) is 0 Å². The monoisotopic (exact) mass is 412 g/mol. The summed E-state index contributed by atoms with van der Waals surface area (Å²) in [5.74, 6) is 1.09. The van der Waals surface area contributed by atoms with Crippen molar-refractivity contribution in [2.24, 2.45) is 4.99 Å². The van der Waals surface area contributed by atoms with Crippen LogP contribution in [0.5, 0.6) is 5.75 Å². The quantitative estimate of drug-likeness (QED) is 0.507. The number of halogens is 2. The third-order valence-electron chi connectivity index (χ3n) is 4.40. The molecule has 0 unspecified atom stereocenters. The molecule has 29 heavy (non-hydrogen) atoms. The number of carbonyl (C=O) groups excluding carboxylic acids is 1. The number of amides is 1. The highest BCUT2D eigenvalue weighted by Crippen LogP contribution is 2.15. The summed E-state index contributed by atoms with van der Waals surface area (Å²) in [7, 11) is 0. The SMILES string of the molecule is CCNC(=NCc1cccc(OCC(F)F)c1)NC1CCN(C(=O)OCC)CC1. The van der Waals surface area contributed by atoms with Crippen LogP contribution in [0.4, 0.5) is 13.6 Å². The van der Waals surface area contributed by atoms with Gasteiger partial charge in [-0.05, 0) is 44.4 Å². The van der Waals surface area contributed by atoms with Gasteiger partial charge in [0.25, 0.3) is 6.43 Å². The Bertz CT molecular complexity index is 665. The van der Waals surface area contributed by atoms with Gasteiger partial charge in [-0.1, -0.05) is 12.1 Å². The van der Waals surface area contributed by atoms with E-state index >= 15 is 0 Å². The number of hydrogen-bond acceptors (Lipinski definition) is 4. The molecule has 0 aromatic heterocycles. The lowest BCUT2D eigenvalue weighted by Gasteiger charge is -2.32. The van der Waals surface area contributed by atoms with Gasteiger partial charge in [0.1, 0.15) is 12.4 Å². The lowest BCUT2D eigenvalue weighted by atomic mass is 10.1. The average molecular weight is 412 g/mol. The summed E-state index contributed by atoms with van der Waals surface area (Å²) in [5.41, 5.74) is 0.867. The zero-order chi connectivity index (χ0) is 21.1. The second-order valence-electron chi connectivity index (χ2n) is 6.65. The van der Waals surface area contributed by atoms with E-state index in [9.17, 15) is 13.6 Å². The fourth-order valence-corrected chi connectivity index (χ4v) is 3.00. The summed E-state index contributed by atoms with van der Waals surface area (Å²) < 4.78 is 34.7. The highest BCUT2D eigenvalue weighted by atomic mass is 19.3. The number of benzene rings is 1. The van der Waals surface area contributed by atoms with Gasteiger partial charge in [-0.2, -0.15) is 0 Å². The minimum atomic E-state index is -2.50. The molecule has 0 bridgehead atoms. The normalized spacial score (nSPS) is 15.3. The number of nitrogens with one attached hydrogen (secondary N) is 2. The van der Waals surface area contributed by atoms with Crippen molar-refractivity contribution < 1.29 is 23.0 Å². The van der Waals surface area contributed by atoms with Crippen molar-refractivity contribution in [1.29, 1.82) is 0 Å². The zero-order valence-corrected chi connectivity index (χ0v) is 17.0. The van der Waals surface area contributed by atoms with E-state index in [-0.39, 0.29) is 12.1 Å². The maximum atomic E-state index is 12.3. The first-order valence-corrected chi connectivity index (χ1v) is 9.98. The summed E-state index contributed by atoms with van der Waals surface area (Å²) in [6.45, 7) is 5.92.